The second-order valence-electron chi connectivity index (χ2n) is 5.54. The Hall–Kier alpha value is -1.88. The number of H-pyrrole nitrogens is 1. The van der Waals surface area contributed by atoms with E-state index in [-0.39, 0.29) is 5.56 Å². The van der Waals surface area contributed by atoms with Crippen molar-refractivity contribution in [2.24, 2.45) is 11.7 Å². The van der Waals surface area contributed by atoms with Gasteiger partial charge in [0, 0.05) is 17.6 Å². The summed E-state index contributed by atoms with van der Waals surface area (Å²) in [6.07, 6.45) is 6.22. The molecule has 1 fully saturated rings. The molecule has 0 spiro atoms. The van der Waals surface area contributed by atoms with Crippen molar-refractivity contribution in [1.29, 1.82) is 0 Å². The molecule has 0 saturated heterocycles. The average molecular weight is 272 g/mol. The maximum absolute atomic E-state index is 11.7. The van der Waals surface area contributed by atoms with Crippen molar-refractivity contribution in [3.63, 3.8) is 0 Å². The molecule has 2 heterocycles. The van der Waals surface area contributed by atoms with E-state index >= 15 is 0 Å². The third-order valence-corrected chi connectivity index (χ3v) is 4.15. The monoisotopic (exact) mass is 272 g/mol. The molecule has 2 aromatic rings. The van der Waals surface area contributed by atoms with E-state index < -0.39 is 0 Å². The minimum Gasteiger partial charge on any atom is -0.367 e. The fraction of sp³-hybridized carbons (Fsp3) is 0.467. The first-order valence-electron chi connectivity index (χ1n) is 7.21. The van der Waals surface area contributed by atoms with Gasteiger partial charge in [-0.15, -0.1) is 0 Å². The number of hydrogen-bond acceptors (Lipinski definition) is 4. The highest BCUT2D eigenvalue weighted by atomic mass is 16.1. The largest absolute Gasteiger partial charge is 0.367 e. The van der Waals surface area contributed by atoms with Crippen LogP contribution in [0.5, 0.6) is 0 Å². The topological polar surface area (TPSA) is 83.8 Å². The quantitative estimate of drug-likeness (QED) is 0.796. The van der Waals surface area contributed by atoms with Crippen LogP contribution in [0.3, 0.4) is 0 Å². The van der Waals surface area contributed by atoms with Crippen molar-refractivity contribution in [2.45, 2.75) is 31.7 Å². The Morgan fingerprint density at radius 2 is 2.05 bits per heavy atom. The van der Waals surface area contributed by atoms with Gasteiger partial charge >= 0.3 is 0 Å². The molecule has 0 amide bonds. The van der Waals surface area contributed by atoms with E-state index in [0.29, 0.717) is 17.5 Å². The third kappa shape index (κ3) is 2.67. The molecule has 5 nitrogen and oxygen atoms in total. The number of nitrogens with two attached hydrogens (primary N) is 1. The highest BCUT2D eigenvalue weighted by molar-refractivity contribution is 5.78. The summed E-state index contributed by atoms with van der Waals surface area (Å²) in [5.74, 6) is 1.45. The summed E-state index contributed by atoms with van der Waals surface area (Å²) in [5.41, 5.74) is 6.06. The predicted octanol–water partition coefficient (Wildman–Crippen LogP) is 1.85. The maximum Gasteiger partial charge on any atom is 0.274 e. The lowest BCUT2D eigenvalue weighted by Crippen LogP contribution is -2.29. The van der Waals surface area contributed by atoms with Crippen LogP contribution < -0.4 is 16.6 Å². The Balaban J connectivity index is 1.75. The Kier molecular flexibility index (Phi) is 3.69. The molecular formula is C15H20N4O. The Labute approximate surface area is 117 Å². The van der Waals surface area contributed by atoms with E-state index in [4.69, 9.17) is 5.73 Å². The number of anilines is 1. The van der Waals surface area contributed by atoms with Crippen molar-refractivity contribution in [1.82, 2.24) is 9.97 Å². The van der Waals surface area contributed by atoms with Crippen LogP contribution in [0.4, 0.5) is 5.82 Å². The number of aromatic amines is 1. The lowest BCUT2D eigenvalue weighted by Gasteiger charge is -2.28. The van der Waals surface area contributed by atoms with Gasteiger partial charge in [-0.05, 0) is 56.3 Å². The van der Waals surface area contributed by atoms with Gasteiger partial charge < -0.3 is 16.0 Å². The van der Waals surface area contributed by atoms with Crippen molar-refractivity contribution >= 4 is 16.7 Å². The molecule has 1 aliphatic carbocycles. The molecule has 0 aromatic carbocycles. The van der Waals surface area contributed by atoms with E-state index in [1.807, 2.05) is 18.2 Å². The van der Waals surface area contributed by atoms with Gasteiger partial charge in [-0.2, -0.15) is 0 Å². The average Bonchev–Trinajstić information content (AvgIpc) is 2.49. The molecule has 0 atom stereocenters. The van der Waals surface area contributed by atoms with Gasteiger partial charge in [0.2, 0.25) is 0 Å². The molecule has 106 valence electrons. The zero-order valence-electron chi connectivity index (χ0n) is 11.4. The molecule has 0 unspecified atom stereocenters. The third-order valence-electron chi connectivity index (χ3n) is 4.15. The van der Waals surface area contributed by atoms with Gasteiger partial charge in [-0.1, -0.05) is 0 Å². The summed E-state index contributed by atoms with van der Waals surface area (Å²) >= 11 is 0. The van der Waals surface area contributed by atoms with Crippen LogP contribution in [0.1, 0.15) is 25.7 Å². The number of rotatable bonds is 3. The van der Waals surface area contributed by atoms with Crippen LogP contribution in [0.15, 0.2) is 29.2 Å². The lowest BCUT2D eigenvalue weighted by molar-refractivity contribution is 0.344. The summed E-state index contributed by atoms with van der Waals surface area (Å²) in [7, 11) is 0. The van der Waals surface area contributed by atoms with Gasteiger partial charge in [-0.25, -0.2) is 4.98 Å². The van der Waals surface area contributed by atoms with Crippen molar-refractivity contribution < 1.29 is 0 Å². The first-order valence-corrected chi connectivity index (χ1v) is 7.21. The molecule has 1 aliphatic rings. The van der Waals surface area contributed by atoms with E-state index in [2.05, 4.69) is 15.3 Å². The molecule has 0 bridgehead atoms. The van der Waals surface area contributed by atoms with Crippen molar-refractivity contribution in [3.8, 4) is 0 Å². The van der Waals surface area contributed by atoms with E-state index in [1.165, 1.54) is 12.8 Å². The highest BCUT2D eigenvalue weighted by Gasteiger charge is 2.20. The first kappa shape index (κ1) is 13.1. The summed E-state index contributed by atoms with van der Waals surface area (Å²) in [6.45, 7) is 0.788. The maximum atomic E-state index is 11.7. The molecule has 2 aromatic heterocycles. The molecule has 5 heteroatoms. The lowest BCUT2D eigenvalue weighted by atomic mass is 9.86. The normalized spacial score (nSPS) is 22.9. The number of nitrogens with one attached hydrogen (secondary N) is 2. The molecule has 0 radical (unpaired) electrons. The fourth-order valence-corrected chi connectivity index (χ4v) is 2.89. The minimum absolute atomic E-state index is 0.141. The van der Waals surface area contributed by atoms with E-state index in [1.54, 1.807) is 6.20 Å². The van der Waals surface area contributed by atoms with Crippen LogP contribution in [0.2, 0.25) is 0 Å². The Morgan fingerprint density at radius 3 is 2.80 bits per heavy atom. The zero-order chi connectivity index (χ0) is 13.9. The smallest absolute Gasteiger partial charge is 0.274 e. The fourth-order valence-electron chi connectivity index (χ4n) is 2.89. The van der Waals surface area contributed by atoms with Gasteiger partial charge in [0.25, 0.3) is 5.56 Å². The SMILES string of the molecule is NCC1CCC(Nc2ccc3cc[nH]c(=O)c3n2)CC1. The van der Waals surface area contributed by atoms with Crippen LogP contribution in [-0.2, 0) is 0 Å². The summed E-state index contributed by atoms with van der Waals surface area (Å²) in [4.78, 5) is 18.8. The Morgan fingerprint density at radius 1 is 1.25 bits per heavy atom. The Bertz CT molecular complexity index is 644. The zero-order valence-corrected chi connectivity index (χ0v) is 11.4. The van der Waals surface area contributed by atoms with Gasteiger partial charge in [0.05, 0.1) is 0 Å². The minimum atomic E-state index is -0.141. The predicted molar refractivity (Wildman–Crippen MR) is 80.8 cm³/mol. The van der Waals surface area contributed by atoms with Crippen LogP contribution in [0, 0.1) is 5.92 Å². The summed E-state index contributed by atoms with van der Waals surface area (Å²) in [6, 6.07) is 6.17. The van der Waals surface area contributed by atoms with Crippen molar-refractivity contribution in [2.75, 3.05) is 11.9 Å². The standard InChI is InChI=1S/C15H20N4O/c16-9-10-1-4-12(5-2-10)18-13-6-3-11-7-8-17-15(20)14(11)19-13/h3,6-8,10,12H,1-2,4-5,9,16H2,(H,17,20)(H,18,19). The summed E-state index contributed by atoms with van der Waals surface area (Å²) in [5, 5.41) is 4.31. The second kappa shape index (κ2) is 5.63. The first-order chi connectivity index (χ1) is 9.76. The molecule has 3 rings (SSSR count). The van der Waals surface area contributed by atoms with E-state index in [9.17, 15) is 4.79 Å². The van der Waals surface area contributed by atoms with Gasteiger partial charge in [-0.3, -0.25) is 4.79 Å². The number of nitrogens with zero attached hydrogens (tertiary/aromatic N) is 1. The molecule has 0 aliphatic heterocycles. The van der Waals surface area contributed by atoms with E-state index in [0.717, 1.165) is 30.6 Å². The second-order valence-corrected chi connectivity index (χ2v) is 5.54. The van der Waals surface area contributed by atoms with Crippen LogP contribution >= 0.6 is 0 Å². The van der Waals surface area contributed by atoms with Crippen LogP contribution in [-0.4, -0.2) is 22.6 Å². The molecule has 4 N–H and O–H groups in total. The number of aromatic nitrogens is 2. The van der Waals surface area contributed by atoms with Gasteiger partial charge in [0.1, 0.15) is 11.3 Å². The molecular weight excluding hydrogens is 252 g/mol. The van der Waals surface area contributed by atoms with Crippen molar-refractivity contribution in [3.05, 3.63) is 34.7 Å². The number of pyridine rings is 2. The highest BCUT2D eigenvalue weighted by Crippen LogP contribution is 2.25. The number of hydrogen-bond donors (Lipinski definition) is 3. The number of fused-ring (bicyclic) bond motifs is 1. The van der Waals surface area contributed by atoms with Crippen LogP contribution in [0.25, 0.3) is 10.9 Å². The molecule has 20 heavy (non-hydrogen) atoms. The van der Waals surface area contributed by atoms with Gasteiger partial charge in [0.15, 0.2) is 0 Å². The summed E-state index contributed by atoms with van der Waals surface area (Å²) < 4.78 is 0. The molecule has 1 saturated carbocycles.